The van der Waals surface area contributed by atoms with Gasteiger partial charge in [0.2, 0.25) is 0 Å². The lowest BCUT2D eigenvalue weighted by Gasteiger charge is -2.10. The molecule has 1 aromatic rings. The van der Waals surface area contributed by atoms with Crippen LogP contribution in [-0.2, 0) is 0 Å². The van der Waals surface area contributed by atoms with E-state index in [4.69, 9.17) is 5.11 Å². The fraction of sp³-hybridized carbons (Fsp3) is 0.200. The predicted molar refractivity (Wildman–Crippen MR) is 53.2 cm³/mol. The normalized spacial score (nSPS) is 9.20. The highest BCUT2D eigenvalue weighted by Crippen LogP contribution is 2.15. The first-order valence-electron chi connectivity index (χ1n) is 3.99. The summed E-state index contributed by atoms with van der Waals surface area (Å²) < 4.78 is 0. The van der Waals surface area contributed by atoms with Gasteiger partial charge in [0.15, 0.2) is 0 Å². The molecule has 0 bridgehead atoms. The Balaban J connectivity index is 0.00000196. The predicted octanol–water partition coefficient (Wildman–Crippen LogP) is 0.741. The number of carboxylic acid groups (broad SMARTS) is 2. The molecule has 0 aliphatic carbocycles. The Morgan fingerprint density at radius 1 is 1.13 bits per heavy atom. The fourth-order valence-electron chi connectivity index (χ4n) is 1.30. The van der Waals surface area contributed by atoms with Crippen LogP contribution < -0.4 is 11.3 Å². The highest BCUT2D eigenvalue weighted by atomic mass is 16.4. The standard InChI is InChI=1S/C10H10O4.H3N/c1-5-3-6(2)8(10(13)14)4-7(5)9(11)12;/h3-4H,1-2H3,(H,11,12)(H,13,14);1H3. The first kappa shape index (κ1) is 13.1. The molecule has 0 unspecified atom stereocenters. The number of hydrogen-bond donors (Lipinski definition) is 2. The summed E-state index contributed by atoms with van der Waals surface area (Å²) >= 11 is 0. The van der Waals surface area contributed by atoms with Crippen LogP contribution in [0.5, 0.6) is 0 Å². The summed E-state index contributed by atoms with van der Waals surface area (Å²) in [6.45, 7) is 3.22. The van der Waals surface area contributed by atoms with Gasteiger partial charge in [-0.2, -0.15) is 0 Å². The van der Waals surface area contributed by atoms with Crippen LogP contribution in [0.3, 0.4) is 0 Å². The maximum Gasteiger partial charge on any atom is 0.335 e. The summed E-state index contributed by atoms with van der Waals surface area (Å²) in [6, 6.07) is 2.65. The molecule has 0 heterocycles. The van der Waals surface area contributed by atoms with Gasteiger partial charge in [0.25, 0.3) is 0 Å². The van der Waals surface area contributed by atoms with Crippen molar-refractivity contribution in [1.82, 2.24) is 6.15 Å². The zero-order valence-corrected chi connectivity index (χ0v) is 8.83. The number of carbonyl (C=O) groups is 2. The van der Waals surface area contributed by atoms with E-state index >= 15 is 0 Å². The molecule has 5 nitrogen and oxygen atoms in total. The van der Waals surface area contributed by atoms with Gasteiger partial charge in [0.05, 0.1) is 11.5 Å². The number of aromatic carboxylic acids is 2. The third kappa shape index (κ3) is 2.54. The van der Waals surface area contributed by atoms with Gasteiger partial charge in [-0.25, -0.2) is 4.79 Å². The van der Waals surface area contributed by atoms with Crippen LogP contribution in [0.1, 0.15) is 31.8 Å². The van der Waals surface area contributed by atoms with E-state index in [0.29, 0.717) is 11.1 Å². The minimum absolute atomic E-state index is 0. The third-order valence-corrected chi connectivity index (χ3v) is 2.02. The molecule has 0 saturated carbocycles. The zero-order chi connectivity index (χ0) is 10.9. The number of aryl methyl sites for hydroxylation is 2. The molecule has 0 amide bonds. The Morgan fingerprint density at radius 3 is 2.00 bits per heavy atom. The minimum Gasteiger partial charge on any atom is -0.545 e. The first-order valence-corrected chi connectivity index (χ1v) is 3.99. The third-order valence-electron chi connectivity index (χ3n) is 2.02. The van der Waals surface area contributed by atoms with Crippen LogP contribution >= 0.6 is 0 Å². The number of carboxylic acids is 2. The van der Waals surface area contributed by atoms with E-state index < -0.39 is 11.9 Å². The molecule has 0 aliphatic rings. The summed E-state index contributed by atoms with van der Waals surface area (Å²) in [5, 5.41) is 19.4. The molecule has 1 rings (SSSR count). The molecule has 5 N–H and O–H groups in total. The van der Waals surface area contributed by atoms with Crippen molar-refractivity contribution in [3.05, 3.63) is 34.4 Å². The van der Waals surface area contributed by atoms with Gasteiger partial charge in [0.1, 0.15) is 0 Å². The van der Waals surface area contributed by atoms with Crippen LogP contribution in [-0.4, -0.2) is 17.0 Å². The molecule has 5 heteroatoms. The van der Waals surface area contributed by atoms with Crippen molar-refractivity contribution >= 4 is 11.9 Å². The van der Waals surface area contributed by atoms with Gasteiger partial charge in [-0.05, 0) is 31.0 Å². The smallest absolute Gasteiger partial charge is 0.335 e. The van der Waals surface area contributed by atoms with Gasteiger partial charge in [-0.3, -0.25) is 0 Å². The minimum atomic E-state index is -1.36. The Morgan fingerprint density at radius 2 is 1.60 bits per heavy atom. The molecule has 0 spiro atoms. The Bertz CT molecular complexity index is 377. The van der Waals surface area contributed by atoms with Crippen molar-refractivity contribution in [2.75, 3.05) is 0 Å². The van der Waals surface area contributed by atoms with Crippen LogP contribution in [0.25, 0.3) is 0 Å². The average molecular weight is 211 g/mol. The molecular weight excluding hydrogens is 198 g/mol. The van der Waals surface area contributed by atoms with Crippen LogP contribution in [0, 0.1) is 13.8 Å². The number of rotatable bonds is 2. The average Bonchev–Trinajstić information content (AvgIpc) is 2.02. The van der Waals surface area contributed by atoms with Crippen molar-refractivity contribution in [1.29, 1.82) is 0 Å². The Kier molecular flexibility index (Phi) is 3.99. The molecular formula is C10H13NO4. The van der Waals surface area contributed by atoms with E-state index in [-0.39, 0.29) is 17.3 Å². The van der Waals surface area contributed by atoms with Crippen molar-refractivity contribution in [2.24, 2.45) is 0 Å². The highest BCUT2D eigenvalue weighted by Gasteiger charge is 2.10. The van der Waals surface area contributed by atoms with E-state index in [9.17, 15) is 14.7 Å². The van der Waals surface area contributed by atoms with Crippen molar-refractivity contribution < 1.29 is 19.8 Å². The Labute approximate surface area is 86.9 Å². The Hall–Kier alpha value is -1.88. The van der Waals surface area contributed by atoms with Crippen molar-refractivity contribution in [3.63, 3.8) is 0 Å². The van der Waals surface area contributed by atoms with Gasteiger partial charge in [0, 0.05) is 5.56 Å². The second-order valence-corrected chi connectivity index (χ2v) is 3.07. The molecule has 0 aromatic heterocycles. The molecule has 0 aliphatic heterocycles. The second kappa shape index (κ2) is 4.56. The SMILES string of the molecule is Cc1cc(C)c(C(=O)O)cc1C(=O)[O-].[NH4+]. The zero-order valence-electron chi connectivity index (χ0n) is 8.83. The lowest BCUT2D eigenvalue weighted by Crippen LogP contribution is -2.24. The van der Waals surface area contributed by atoms with Crippen LogP contribution in [0.2, 0.25) is 0 Å². The molecule has 82 valence electrons. The van der Waals surface area contributed by atoms with Gasteiger partial charge in [-0.15, -0.1) is 0 Å². The van der Waals surface area contributed by atoms with Crippen LogP contribution in [0.4, 0.5) is 0 Å². The summed E-state index contributed by atoms with van der Waals surface area (Å²) in [7, 11) is 0. The summed E-state index contributed by atoms with van der Waals surface area (Å²) in [6.07, 6.45) is 0. The van der Waals surface area contributed by atoms with E-state index in [1.165, 1.54) is 6.07 Å². The van der Waals surface area contributed by atoms with Crippen LogP contribution in [0.15, 0.2) is 12.1 Å². The summed E-state index contributed by atoms with van der Waals surface area (Å²) in [4.78, 5) is 21.3. The highest BCUT2D eigenvalue weighted by molar-refractivity contribution is 5.95. The van der Waals surface area contributed by atoms with Gasteiger partial charge in [-0.1, -0.05) is 6.07 Å². The molecule has 0 atom stereocenters. The van der Waals surface area contributed by atoms with Gasteiger partial charge >= 0.3 is 5.97 Å². The molecule has 0 fully saturated rings. The maximum atomic E-state index is 10.7. The first-order chi connectivity index (χ1) is 6.43. The molecule has 15 heavy (non-hydrogen) atoms. The maximum absolute atomic E-state index is 10.7. The lowest BCUT2D eigenvalue weighted by atomic mass is 10.0. The molecule has 0 radical (unpaired) electrons. The number of quaternary nitrogens is 1. The number of benzene rings is 1. The van der Waals surface area contributed by atoms with Crippen molar-refractivity contribution in [2.45, 2.75) is 13.8 Å². The summed E-state index contributed by atoms with van der Waals surface area (Å²) in [5.41, 5.74) is 0.968. The number of carbonyl (C=O) groups excluding carboxylic acids is 1. The fourth-order valence-corrected chi connectivity index (χ4v) is 1.30. The van der Waals surface area contributed by atoms with Gasteiger partial charge < -0.3 is 21.2 Å². The van der Waals surface area contributed by atoms with Crippen molar-refractivity contribution in [3.8, 4) is 0 Å². The van der Waals surface area contributed by atoms with E-state index in [1.807, 2.05) is 0 Å². The topological polar surface area (TPSA) is 114 Å². The monoisotopic (exact) mass is 211 g/mol. The van der Waals surface area contributed by atoms with E-state index in [1.54, 1.807) is 13.8 Å². The number of hydrogen-bond acceptors (Lipinski definition) is 3. The largest absolute Gasteiger partial charge is 0.545 e. The summed E-state index contributed by atoms with van der Waals surface area (Å²) in [5.74, 6) is -2.49. The second-order valence-electron chi connectivity index (χ2n) is 3.07. The molecule has 1 aromatic carbocycles. The van der Waals surface area contributed by atoms with E-state index in [0.717, 1.165) is 6.07 Å². The lowest BCUT2D eigenvalue weighted by molar-refractivity contribution is -0.255. The van der Waals surface area contributed by atoms with E-state index in [2.05, 4.69) is 0 Å². The molecule has 0 saturated heterocycles. The quantitative estimate of drug-likeness (QED) is 0.750.